The fourth-order valence-electron chi connectivity index (χ4n) is 2.77. The molecule has 1 saturated carbocycles. The number of nitrogens with zero attached hydrogens (tertiary/aromatic N) is 3. The van der Waals surface area contributed by atoms with E-state index in [1.165, 1.54) is 19.3 Å². The molecule has 0 radical (unpaired) electrons. The SMILES string of the molecule is CCC1CCC(N)(c2nc(C)nn2C)CC1. The molecule has 0 spiro atoms. The van der Waals surface area contributed by atoms with Crippen LogP contribution in [0.1, 0.15) is 50.7 Å². The molecule has 2 rings (SSSR count). The van der Waals surface area contributed by atoms with E-state index in [2.05, 4.69) is 17.0 Å². The van der Waals surface area contributed by atoms with Gasteiger partial charge in [-0.3, -0.25) is 4.68 Å². The first-order chi connectivity index (χ1) is 7.55. The zero-order valence-electron chi connectivity index (χ0n) is 10.5. The molecule has 1 heterocycles. The van der Waals surface area contributed by atoms with Gasteiger partial charge in [0.1, 0.15) is 11.6 Å². The Morgan fingerprint density at radius 1 is 1.44 bits per heavy atom. The molecule has 4 nitrogen and oxygen atoms in total. The van der Waals surface area contributed by atoms with E-state index in [4.69, 9.17) is 5.73 Å². The molecule has 1 aliphatic rings. The average molecular weight is 222 g/mol. The molecule has 0 unspecified atom stereocenters. The maximum Gasteiger partial charge on any atom is 0.147 e. The fraction of sp³-hybridized carbons (Fsp3) is 0.833. The van der Waals surface area contributed by atoms with Gasteiger partial charge in [0.15, 0.2) is 0 Å². The molecule has 0 atom stereocenters. The lowest BCUT2D eigenvalue weighted by Gasteiger charge is -2.35. The summed E-state index contributed by atoms with van der Waals surface area (Å²) < 4.78 is 1.85. The molecule has 90 valence electrons. The van der Waals surface area contributed by atoms with E-state index >= 15 is 0 Å². The van der Waals surface area contributed by atoms with Crippen molar-refractivity contribution in [2.45, 2.75) is 51.5 Å². The van der Waals surface area contributed by atoms with Crippen LogP contribution in [-0.4, -0.2) is 14.8 Å². The lowest BCUT2D eigenvalue weighted by molar-refractivity contribution is 0.217. The second-order valence-corrected chi connectivity index (χ2v) is 5.11. The van der Waals surface area contributed by atoms with Gasteiger partial charge in [-0.1, -0.05) is 13.3 Å². The van der Waals surface area contributed by atoms with Crippen molar-refractivity contribution < 1.29 is 0 Å². The van der Waals surface area contributed by atoms with Crippen molar-refractivity contribution in [1.29, 1.82) is 0 Å². The Labute approximate surface area is 97.2 Å². The number of hydrogen-bond acceptors (Lipinski definition) is 3. The van der Waals surface area contributed by atoms with Crippen molar-refractivity contribution in [2.75, 3.05) is 0 Å². The molecule has 0 bridgehead atoms. The molecule has 1 aromatic heterocycles. The van der Waals surface area contributed by atoms with Gasteiger partial charge in [-0.15, -0.1) is 0 Å². The number of nitrogens with two attached hydrogens (primary N) is 1. The van der Waals surface area contributed by atoms with Gasteiger partial charge in [-0.05, 0) is 38.5 Å². The molecule has 0 amide bonds. The Kier molecular flexibility index (Phi) is 3.02. The van der Waals surface area contributed by atoms with E-state index in [9.17, 15) is 0 Å². The van der Waals surface area contributed by atoms with Gasteiger partial charge >= 0.3 is 0 Å². The van der Waals surface area contributed by atoms with E-state index < -0.39 is 0 Å². The number of rotatable bonds is 2. The average Bonchev–Trinajstić information content (AvgIpc) is 2.60. The predicted molar refractivity (Wildman–Crippen MR) is 63.9 cm³/mol. The van der Waals surface area contributed by atoms with Gasteiger partial charge < -0.3 is 5.73 Å². The summed E-state index contributed by atoms with van der Waals surface area (Å²) in [5.41, 5.74) is 6.24. The van der Waals surface area contributed by atoms with Gasteiger partial charge in [0, 0.05) is 7.05 Å². The Hall–Kier alpha value is -0.900. The minimum atomic E-state index is -0.248. The second-order valence-electron chi connectivity index (χ2n) is 5.11. The van der Waals surface area contributed by atoms with Crippen molar-refractivity contribution in [2.24, 2.45) is 18.7 Å². The molecule has 0 aromatic carbocycles. The van der Waals surface area contributed by atoms with Crippen LogP contribution in [-0.2, 0) is 12.6 Å². The Bertz CT molecular complexity index is 361. The van der Waals surface area contributed by atoms with Crippen molar-refractivity contribution in [3.8, 4) is 0 Å². The molecule has 4 heteroatoms. The first-order valence-electron chi connectivity index (χ1n) is 6.22. The lowest BCUT2D eigenvalue weighted by atomic mass is 9.76. The van der Waals surface area contributed by atoms with Gasteiger partial charge in [0.2, 0.25) is 0 Å². The molecule has 0 aliphatic heterocycles. The summed E-state index contributed by atoms with van der Waals surface area (Å²) >= 11 is 0. The zero-order valence-corrected chi connectivity index (χ0v) is 10.5. The van der Waals surface area contributed by atoms with Crippen LogP contribution in [0.15, 0.2) is 0 Å². The Morgan fingerprint density at radius 2 is 2.06 bits per heavy atom. The zero-order chi connectivity index (χ0) is 11.8. The van der Waals surface area contributed by atoms with Crippen LogP contribution in [0.2, 0.25) is 0 Å². The minimum Gasteiger partial charge on any atom is -0.319 e. The molecule has 1 aliphatic carbocycles. The predicted octanol–water partition coefficient (Wildman–Crippen LogP) is 1.88. The molecular weight excluding hydrogens is 200 g/mol. The molecule has 1 aromatic rings. The third-order valence-electron chi connectivity index (χ3n) is 3.89. The highest BCUT2D eigenvalue weighted by atomic mass is 15.3. The molecule has 0 saturated heterocycles. The second kappa shape index (κ2) is 4.17. The van der Waals surface area contributed by atoms with Crippen molar-refractivity contribution in [1.82, 2.24) is 14.8 Å². The number of aryl methyl sites for hydroxylation is 2. The lowest BCUT2D eigenvalue weighted by Crippen LogP contribution is -2.42. The molecule has 16 heavy (non-hydrogen) atoms. The summed E-state index contributed by atoms with van der Waals surface area (Å²) in [5.74, 6) is 2.63. The minimum absolute atomic E-state index is 0.248. The highest BCUT2D eigenvalue weighted by Crippen LogP contribution is 2.37. The van der Waals surface area contributed by atoms with Crippen LogP contribution in [0.25, 0.3) is 0 Å². The van der Waals surface area contributed by atoms with Crippen LogP contribution in [0, 0.1) is 12.8 Å². The summed E-state index contributed by atoms with van der Waals surface area (Å²) in [6, 6.07) is 0. The molecule has 1 fully saturated rings. The van der Waals surface area contributed by atoms with Crippen molar-refractivity contribution in [3.05, 3.63) is 11.6 Å². The first-order valence-corrected chi connectivity index (χ1v) is 6.22. The van der Waals surface area contributed by atoms with E-state index in [1.807, 2.05) is 18.7 Å². The number of aromatic nitrogens is 3. The van der Waals surface area contributed by atoms with E-state index in [0.29, 0.717) is 0 Å². The van der Waals surface area contributed by atoms with Crippen LogP contribution in [0.3, 0.4) is 0 Å². The van der Waals surface area contributed by atoms with Gasteiger partial charge in [0.25, 0.3) is 0 Å². The maximum absolute atomic E-state index is 6.49. The maximum atomic E-state index is 6.49. The van der Waals surface area contributed by atoms with Gasteiger partial charge in [-0.2, -0.15) is 5.10 Å². The van der Waals surface area contributed by atoms with Crippen LogP contribution in [0.5, 0.6) is 0 Å². The summed E-state index contributed by atoms with van der Waals surface area (Å²) in [7, 11) is 1.94. The van der Waals surface area contributed by atoms with Crippen LogP contribution in [0.4, 0.5) is 0 Å². The largest absolute Gasteiger partial charge is 0.319 e. The summed E-state index contributed by atoms with van der Waals surface area (Å²) in [5, 5.41) is 4.30. The van der Waals surface area contributed by atoms with Gasteiger partial charge in [-0.25, -0.2) is 4.98 Å². The summed E-state index contributed by atoms with van der Waals surface area (Å²) in [6.07, 6.45) is 5.79. The molecular formula is C12H22N4. The highest BCUT2D eigenvalue weighted by Gasteiger charge is 2.36. The third-order valence-corrected chi connectivity index (χ3v) is 3.89. The summed E-state index contributed by atoms with van der Waals surface area (Å²) in [6.45, 7) is 4.19. The topological polar surface area (TPSA) is 56.7 Å². The Morgan fingerprint density at radius 3 is 2.50 bits per heavy atom. The van der Waals surface area contributed by atoms with E-state index in [-0.39, 0.29) is 5.54 Å². The third kappa shape index (κ3) is 1.98. The monoisotopic (exact) mass is 222 g/mol. The Balaban J connectivity index is 2.18. The van der Waals surface area contributed by atoms with Gasteiger partial charge in [0.05, 0.1) is 5.54 Å². The number of hydrogen-bond donors (Lipinski definition) is 1. The highest BCUT2D eigenvalue weighted by molar-refractivity contribution is 5.08. The van der Waals surface area contributed by atoms with Crippen molar-refractivity contribution >= 4 is 0 Å². The fourth-order valence-corrected chi connectivity index (χ4v) is 2.77. The first kappa shape index (κ1) is 11.6. The van der Waals surface area contributed by atoms with Crippen LogP contribution < -0.4 is 5.73 Å². The normalized spacial score (nSPS) is 30.6. The van der Waals surface area contributed by atoms with Crippen LogP contribution >= 0.6 is 0 Å². The van der Waals surface area contributed by atoms with Crippen molar-refractivity contribution in [3.63, 3.8) is 0 Å². The smallest absolute Gasteiger partial charge is 0.147 e. The van der Waals surface area contributed by atoms with E-state index in [1.54, 1.807) is 0 Å². The van der Waals surface area contributed by atoms with E-state index in [0.717, 1.165) is 30.4 Å². The molecule has 2 N–H and O–H groups in total. The standard InChI is InChI=1S/C12H22N4/c1-4-10-5-7-12(13,8-6-10)11-14-9(2)15-16(11)3/h10H,4-8,13H2,1-3H3. The quantitative estimate of drug-likeness (QED) is 0.831. The summed E-state index contributed by atoms with van der Waals surface area (Å²) in [4.78, 5) is 4.48.